The van der Waals surface area contributed by atoms with Gasteiger partial charge in [-0.1, -0.05) is 30.3 Å². The lowest BCUT2D eigenvalue weighted by Gasteiger charge is -2.18. The molecule has 1 amide bonds. The van der Waals surface area contributed by atoms with Crippen molar-refractivity contribution in [1.29, 1.82) is 0 Å². The van der Waals surface area contributed by atoms with Gasteiger partial charge in [-0.3, -0.25) is 9.10 Å². The van der Waals surface area contributed by atoms with E-state index in [9.17, 15) is 13.2 Å². The van der Waals surface area contributed by atoms with Crippen molar-refractivity contribution in [3.63, 3.8) is 0 Å². The predicted molar refractivity (Wildman–Crippen MR) is 108 cm³/mol. The van der Waals surface area contributed by atoms with Crippen LogP contribution in [0.2, 0.25) is 0 Å². The van der Waals surface area contributed by atoms with Gasteiger partial charge in [0.05, 0.1) is 11.9 Å². The molecule has 0 heterocycles. The number of benzene rings is 2. The third-order valence-electron chi connectivity index (χ3n) is 4.16. The maximum atomic E-state index is 12.1. The highest BCUT2D eigenvalue weighted by atomic mass is 32.2. The molecule has 0 aliphatic heterocycles. The van der Waals surface area contributed by atoms with Gasteiger partial charge in [-0.25, -0.2) is 8.42 Å². The van der Waals surface area contributed by atoms with Gasteiger partial charge >= 0.3 is 0 Å². The molecule has 0 fully saturated rings. The molecule has 0 saturated carbocycles. The zero-order valence-corrected chi connectivity index (χ0v) is 16.7. The van der Waals surface area contributed by atoms with Gasteiger partial charge in [0, 0.05) is 13.6 Å². The first-order chi connectivity index (χ1) is 12.8. The molecule has 2 aromatic carbocycles. The lowest BCUT2D eigenvalue weighted by molar-refractivity contribution is -0.127. The molecule has 1 atom stereocenters. The number of anilines is 1. The number of carbonyl (C=O) groups is 1. The van der Waals surface area contributed by atoms with Gasteiger partial charge in [0.2, 0.25) is 10.0 Å². The highest BCUT2D eigenvalue weighted by Gasteiger charge is 2.15. The van der Waals surface area contributed by atoms with E-state index in [0.717, 1.165) is 19.1 Å². The molecule has 146 valence electrons. The molecule has 27 heavy (non-hydrogen) atoms. The molecule has 0 bridgehead atoms. The Hall–Kier alpha value is -2.54. The molecule has 2 rings (SSSR count). The van der Waals surface area contributed by atoms with E-state index < -0.39 is 16.1 Å². The fourth-order valence-electron chi connectivity index (χ4n) is 2.48. The predicted octanol–water partition coefficient (Wildman–Crippen LogP) is 2.60. The number of nitrogens with one attached hydrogen (secondary N) is 1. The summed E-state index contributed by atoms with van der Waals surface area (Å²) in [5.74, 6) is 0.327. The standard InChI is InChI=1S/C20H26N2O4S/c1-16(20(23)21-15-7-10-17-8-5-4-6-9-17)26-19-13-11-18(12-14-19)22(2)27(3,24)25/h4-6,8-9,11-14,16H,7,10,15H2,1-3H3,(H,21,23)/t16-/m0/s1. The molecule has 0 unspecified atom stereocenters. The molecule has 0 radical (unpaired) electrons. The van der Waals surface area contributed by atoms with Crippen LogP contribution < -0.4 is 14.4 Å². The number of nitrogens with zero attached hydrogens (tertiary/aromatic N) is 1. The van der Waals surface area contributed by atoms with Crippen molar-refractivity contribution in [2.75, 3.05) is 24.2 Å². The number of aryl methyl sites for hydroxylation is 1. The highest BCUT2D eigenvalue weighted by molar-refractivity contribution is 7.92. The fourth-order valence-corrected chi connectivity index (χ4v) is 2.98. The number of carbonyl (C=O) groups excluding carboxylic acids is 1. The van der Waals surface area contributed by atoms with Crippen LogP contribution in [0.4, 0.5) is 5.69 Å². The minimum atomic E-state index is -3.31. The zero-order valence-electron chi connectivity index (χ0n) is 15.9. The van der Waals surface area contributed by atoms with Crippen molar-refractivity contribution in [3.8, 4) is 5.75 Å². The largest absolute Gasteiger partial charge is 0.481 e. The van der Waals surface area contributed by atoms with Crippen LogP contribution >= 0.6 is 0 Å². The van der Waals surface area contributed by atoms with Crippen LogP contribution in [0.5, 0.6) is 5.75 Å². The van der Waals surface area contributed by atoms with E-state index in [-0.39, 0.29) is 5.91 Å². The summed E-state index contributed by atoms with van der Waals surface area (Å²) in [6.07, 6.45) is 2.27. The number of sulfonamides is 1. The Labute approximate surface area is 161 Å². The van der Waals surface area contributed by atoms with Crippen LogP contribution in [0.3, 0.4) is 0 Å². The van der Waals surface area contributed by atoms with Crippen molar-refractivity contribution < 1.29 is 17.9 Å². The molecular weight excluding hydrogens is 364 g/mol. The van der Waals surface area contributed by atoms with Crippen molar-refractivity contribution >= 4 is 21.6 Å². The van der Waals surface area contributed by atoms with Crippen molar-refractivity contribution in [3.05, 3.63) is 60.2 Å². The van der Waals surface area contributed by atoms with Crippen molar-refractivity contribution in [1.82, 2.24) is 5.32 Å². The van der Waals surface area contributed by atoms with E-state index in [1.807, 2.05) is 18.2 Å². The summed E-state index contributed by atoms with van der Waals surface area (Å²) in [5, 5.41) is 2.87. The van der Waals surface area contributed by atoms with Gasteiger partial charge in [0.25, 0.3) is 5.91 Å². The third kappa shape index (κ3) is 6.60. The van der Waals surface area contributed by atoms with E-state index >= 15 is 0 Å². The zero-order chi connectivity index (χ0) is 19.9. The smallest absolute Gasteiger partial charge is 0.260 e. The van der Waals surface area contributed by atoms with Crippen LogP contribution in [0, 0.1) is 0 Å². The second-order valence-corrected chi connectivity index (χ2v) is 8.38. The highest BCUT2D eigenvalue weighted by Crippen LogP contribution is 2.21. The van der Waals surface area contributed by atoms with Gasteiger partial charge in [0.1, 0.15) is 5.75 Å². The lowest BCUT2D eigenvalue weighted by Crippen LogP contribution is -2.36. The third-order valence-corrected chi connectivity index (χ3v) is 5.37. The van der Waals surface area contributed by atoms with Gasteiger partial charge in [0.15, 0.2) is 6.10 Å². The second-order valence-electron chi connectivity index (χ2n) is 6.36. The Bertz CT molecular complexity index is 836. The number of rotatable bonds is 9. The molecule has 6 nitrogen and oxygen atoms in total. The monoisotopic (exact) mass is 390 g/mol. The molecule has 0 aromatic heterocycles. The first kappa shape index (κ1) is 20.8. The number of hydrogen-bond donors (Lipinski definition) is 1. The van der Waals surface area contributed by atoms with Crippen LogP contribution in [0.15, 0.2) is 54.6 Å². The Balaban J connectivity index is 1.78. The van der Waals surface area contributed by atoms with Crippen LogP contribution in [0.1, 0.15) is 18.9 Å². The molecule has 2 aromatic rings. The Kier molecular flexibility index (Phi) is 7.24. The van der Waals surface area contributed by atoms with Gasteiger partial charge < -0.3 is 10.1 Å². The molecule has 0 spiro atoms. The summed E-state index contributed by atoms with van der Waals surface area (Å²) in [4.78, 5) is 12.1. The maximum Gasteiger partial charge on any atom is 0.260 e. The van der Waals surface area contributed by atoms with Gasteiger partial charge in [-0.15, -0.1) is 0 Å². The quantitative estimate of drug-likeness (QED) is 0.668. The molecule has 0 aliphatic rings. The first-order valence-electron chi connectivity index (χ1n) is 8.79. The van der Waals surface area contributed by atoms with Gasteiger partial charge in [-0.2, -0.15) is 0 Å². The topological polar surface area (TPSA) is 75.7 Å². The Morgan fingerprint density at radius 2 is 1.74 bits per heavy atom. The molecule has 0 saturated heterocycles. The van der Waals surface area contributed by atoms with Crippen molar-refractivity contribution in [2.45, 2.75) is 25.9 Å². The summed E-state index contributed by atoms with van der Waals surface area (Å²) in [6, 6.07) is 16.7. The molecule has 7 heteroatoms. The fraction of sp³-hybridized carbons (Fsp3) is 0.350. The van der Waals surface area contributed by atoms with Gasteiger partial charge in [-0.05, 0) is 49.6 Å². The van der Waals surface area contributed by atoms with E-state index in [1.54, 1.807) is 31.2 Å². The normalized spacial score (nSPS) is 12.3. The van der Waals surface area contributed by atoms with Crippen LogP contribution in [-0.2, 0) is 21.2 Å². The SMILES string of the molecule is C[C@H](Oc1ccc(N(C)S(C)(=O)=O)cc1)C(=O)NCCCc1ccccc1. The van der Waals surface area contributed by atoms with E-state index in [4.69, 9.17) is 4.74 Å². The summed E-state index contributed by atoms with van der Waals surface area (Å²) in [7, 11) is -1.83. The molecule has 0 aliphatic carbocycles. The first-order valence-corrected chi connectivity index (χ1v) is 10.6. The van der Waals surface area contributed by atoms with Crippen LogP contribution in [0.25, 0.3) is 0 Å². The Morgan fingerprint density at radius 1 is 1.11 bits per heavy atom. The molecule has 1 N–H and O–H groups in total. The minimum Gasteiger partial charge on any atom is -0.481 e. The summed E-state index contributed by atoms with van der Waals surface area (Å²) < 4.78 is 29.9. The average molecular weight is 391 g/mol. The number of hydrogen-bond acceptors (Lipinski definition) is 4. The number of ether oxygens (including phenoxy) is 1. The average Bonchev–Trinajstić information content (AvgIpc) is 2.65. The summed E-state index contributed by atoms with van der Waals surface area (Å²) >= 11 is 0. The van der Waals surface area contributed by atoms with E-state index in [0.29, 0.717) is 18.0 Å². The second kappa shape index (κ2) is 9.41. The Morgan fingerprint density at radius 3 is 2.33 bits per heavy atom. The van der Waals surface area contributed by atoms with Crippen molar-refractivity contribution in [2.24, 2.45) is 0 Å². The minimum absolute atomic E-state index is 0.180. The van der Waals surface area contributed by atoms with E-state index in [1.165, 1.54) is 16.9 Å². The maximum absolute atomic E-state index is 12.1. The number of amides is 1. The summed E-state index contributed by atoms with van der Waals surface area (Å²) in [5.41, 5.74) is 1.78. The summed E-state index contributed by atoms with van der Waals surface area (Å²) in [6.45, 7) is 2.27. The van der Waals surface area contributed by atoms with Crippen LogP contribution in [-0.4, -0.2) is 40.3 Å². The molecular formula is C20H26N2O4S. The lowest BCUT2D eigenvalue weighted by atomic mass is 10.1. The van der Waals surface area contributed by atoms with E-state index in [2.05, 4.69) is 17.4 Å².